The summed E-state index contributed by atoms with van der Waals surface area (Å²) in [6.07, 6.45) is 0. The topological polar surface area (TPSA) is 82.1 Å². The smallest absolute Gasteiger partial charge is 0.273 e. The molecule has 0 unspecified atom stereocenters. The molecule has 2 aromatic carbocycles. The van der Waals surface area contributed by atoms with Crippen molar-refractivity contribution in [1.29, 1.82) is 0 Å². The SMILES string of the molecule is Cc1cccc(-c2nnc(-c3cccc([N+](=O)[O-])c3C)o2)c1. The van der Waals surface area contributed by atoms with Gasteiger partial charge in [0.1, 0.15) is 0 Å². The third-order valence-corrected chi connectivity index (χ3v) is 3.42. The lowest BCUT2D eigenvalue weighted by Crippen LogP contribution is -1.93. The second kappa shape index (κ2) is 5.40. The molecule has 3 rings (SSSR count). The second-order valence-corrected chi connectivity index (χ2v) is 4.99. The molecular weight excluding hydrogens is 282 g/mol. The molecule has 0 saturated heterocycles. The number of nitro benzene ring substituents is 1. The molecule has 6 heteroatoms. The Morgan fingerprint density at radius 1 is 1.05 bits per heavy atom. The minimum absolute atomic E-state index is 0.0350. The van der Waals surface area contributed by atoms with Gasteiger partial charge in [-0.05, 0) is 32.0 Å². The van der Waals surface area contributed by atoms with Gasteiger partial charge in [-0.2, -0.15) is 0 Å². The van der Waals surface area contributed by atoms with Gasteiger partial charge in [-0.15, -0.1) is 10.2 Å². The molecule has 0 atom stereocenters. The van der Waals surface area contributed by atoms with Crippen molar-refractivity contribution >= 4 is 5.69 Å². The summed E-state index contributed by atoms with van der Waals surface area (Å²) in [7, 11) is 0. The quantitative estimate of drug-likeness (QED) is 0.540. The Morgan fingerprint density at radius 3 is 2.50 bits per heavy atom. The lowest BCUT2D eigenvalue weighted by atomic mass is 10.1. The summed E-state index contributed by atoms with van der Waals surface area (Å²) in [4.78, 5) is 10.6. The van der Waals surface area contributed by atoms with Crippen molar-refractivity contribution in [3.05, 3.63) is 63.7 Å². The van der Waals surface area contributed by atoms with Gasteiger partial charge in [-0.3, -0.25) is 10.1 Å². The lowest BCUT2D eigenvalue weighted by molar-refractivity contribution is -0.385. The molecule has 6 nitrogen and oxygen atoms in total. The largest absolute Gasteiger partial charge is 0.416 e. The first-order valence-corrected chi connectivity index (χ1v) is 6.71. The normalized spacial score (nSPS) is 10.6. The van der Waals surface area contributed by atoms with Crippen molar-refractivity contribution in [3.63, 3.8) is 0 Å². The number of rotatable bonds is 3. The zero-order chi connectivity index (χ0) is 15.7. The maximum atomic E-state index is 11.0. The Balaban J connectivity index is 2.05. The number of aromatic nitrogens is 2. The monoisotopic (exact) mass is 295 g/mol. The summed E-state index contributed by atoms with van der Waals surface area (Å²) in [6.45, 7) is 3.65. The van der Waals surface area contributed by atoms with E-state index in [0.29, 0.717) is 17.0 Å². The summed E-state index contributed by atoms with van der Waals surface area (Å²) < 4.78 is 5.68. The summed E-state index contributed by atoms with van der Waals surface area (Å²) in [5, 5.41) is 19.1. The number of nitro groups is 1. The Kier molecular flexibility index (Phi) is 3.42. The Labute approximate surface area is 126 Å². The molecule has 3 aromatic rings. The third kappa shape index (κ3) is 2.46. The highest BCUT2D eigenvalue weighted by Crippen LogP contribution is 2.30. The van der Waals surface area contributed by atoms with E-state index in [1.54, 1.807) is 19.1 Å². The van der Waals surface area contributed by atoms with Crippen LogP contribution in [0.25, 0.3) is 22.9 Å². The van der Waals surface area contributed by atoms with Gasteiger partial charge in [-0.1, -0.05) is 23.8 Å². The van der Waals surface area contributed by atoms with Gasteiger partial charge in [0, 0.05) is 22.8 Å². The molecule has 0 amide bonds. The highest BCUT2D eigenvalue weighted by Gasteiger charge is 2.18. The van der Waals surface area contributed by atoms with Gasteiger partial charge >= 0.3 is 0 Å². The minimum atomic E-state index is -0.420. The van der Waals surface area contributed by atoms with E-state index in [1.807, 2.05) is 31.2 Å². The average molecular weight is 295 g/mol. The molecule has 1 heterocycles. The van der Waals surface area contributed by atoms with Crippen molar-refractivity contribution < 1.29 is 9.34 Å². The summed E-state index contributed by atoms with van der Waals surface area (Å²) >= 11 is 0. The number of aryl methyl sites for hydroxylation is 1. The Bertz CT molecular complexity index is 855. The molecule has 110 valence electrons. The van der Waals surface area contributed by atoms with Crippen molar-refractivity contribution in [2.75, 3.05) is 0 Å². The maximum absolute atomic E-state index is 11.0. The van der Waals surface area contributed by atoms with E-state index in [2.05, 4.69) is 10.2 Å². The molecule has 0 saturated carbocycles. The van der Waals surface area contributed by atoms with Crippen molar-refractivity contribution in [2.24, 2.45) is 0 Å². The first-order valence-electron chi connectivity index (χ1n) is 6.71. The number of hydrogen-bond acceptors (Lipinski definition) is 5. The van der Waals surface area contributed by atoms with Gasteiger partial charge in [-0.25, -0.2) is 0 Å². The fourth-order valence-electron chi connectivity index (χ4n) is 2.28. The molecule has 1 aromatic heterocycles. The fourth-order valence-corrected chi connectivity index (χ4v) is 2.28. The van der Waals surface area contributed by atoms with Gasteiger partial charge in [0.05, 0.1) is 4.92 Å². The first-order chi connectivity index (χ1) is 10.6. The number of benzene rings is 2. The van der Waals surface area contributed by atoms with Crippen LogP contribution in [-0.4, -0.2) is 15.1 Å². The van der Waals surface area contributed by atoms with E-state index in [1.165, 1.54) is 6.07 Å². The molecule has 0 spiro atoms. The van der Waals surface area contributed by atoms with Crippen LogP contribution in [0.1, 0.15) is 11.1 Å². The van der Waals surface area contributed by atoms with Gasteiger partial charge in [0.2, 0.25) is 11.8 Å². The zero-order valence-electron chi connectivity index (χ0n) is 12.1. The van der Waals surface area contributed by atoms with Crippen LogP contribution in [0.3, 0.4) is 0 Å². The van der Waals surface area contributed by atoms with E-state index in [-0.39, 0.29) is 11.6 Å². The van der Waals surface area contributed by atoms with Crippen LogP contribution in [0.2, 0.25) is 0 Å². The highest BCUT2D eigenvalue weighted by atomic mass is 16.6. The van der Waals surface area contributed by atoms with E-state index >= 15 is 0 Å². The fraction of sp³-hybridized carbons (Fsp3) is 0.125. The van der Waals surface area contributed by atoms with E-state index < -0.39 is 4.92 Å². The molecule has 0 radical (unpaired) electrons. The molecular formula is C16H13N3O3. The van der Waals surface area contributed by atoms with Gasteiger partial charge in [0.25, 0.3) is 5.69 Å². The molecule has 22 heavy (non-hydrogen) atoms. The zero-order valence-corrected chi connectivity index (χ0v) is 12.1. The van der Waals surface area contributed by atoms with E-state index in [9.17, 15) is 10.1 Å². The van der Waals surface area contributed by atoms with Gasteiger partial charge < -0.3 is 4.42 Å². The predicted octanol–water partition coefficient (Wildman–Crippen LogP) is 3.93. The van der Waals surface area contributed by atoms with Crippen molar-refractivity contribution in [1.82, 2.24) is 10.2 Å². The Morgan fingerprint density at radius 2 is 1.77 bits per heavy atom. The van der Waals surface area contributed by atoms with Crippen LogP contribution < -0.4 is 0 Å². The molecule has 0 fully saturated rings. The summed E-state index contributed by atoms with van der Waals surface area (Å²) in [5.41, 5.74) is 3.02. The molecule has 0 aliphatic heterocycles. The standard InChI is InChI=1S/C16H13N3O3/c1-10-5-3-6-12(9-10)15-17-18-16(22-15)13-7-4-8-14(11(13)2)19(20)21/h3-9H,1-2H3. The second-order valence-electron chi connectivity index (χ2n) is 4.99. The van der Waals surface area contributed by atoms with E-state index in [0.717, 1.165) is 11.1 Å². The van der Waals surface area contributed by atoms with Gasteiger partial charge in [0.15, 0.2) is 0 Å². The van der Waals surface area contributed by atoms with Crippen LogP contribution >= 0.6 is 0 Å². The minimum Gasteiger partial charge on any atom is -0.416 e. The van der Waals surface area contributed by atoms with Crippen LogP contribution in [0, 0.1) is 24.0 Å². The maximum Gasteiger partial charge on any atom is 0.273 e. The molecule has 0 aliphatic carbocycles. The van der Waals surface area contributed by atoms with Crippen molar-refractivity contribution in [3.8, 4) is 22.9 Å². The molecule has 0 aliphatic rings. The lowest BCUT2D eigenvalue weighted by Gasteiger charge is -2.01. The molecule has 0 N–H and O–H groups in total. The molecule has 0 bridgehead atoms. The first kappa shape index (κ1) is 13.9. The van der Waals surface area contributed by atoms with Crippen LogP contribution in [0.4, 0.5) is 5.69 Å². The van der Waals surface area contributed by atoms with Crippen LogP contribution in [0.15, 0.2) is 46.9 Å². The van der Waals surface area contributed by atoms with E-state index in [4.69, 9.17) is 4.42 Å². The summed E-state index contributed by atoms with van der Waals surface area (Å²) in [5.74, 6) is 0.669. The number of hydrogen-bond donors (Lipinski definition) is 0. The average Bonchev–Trinajstić information content (AvgIpc) is 2.97. The highest BCUT2D eigenvalue weighted by molar-refractivity contribution is 5.65. The predicted molar refractivity (Wildman–Crippen MR) is 81.3 cm³/mol. The van der Waals surface area contributed by atoms with Crippen LogP contribution in [-0.2, 0) is 0 Å². The summed E-state index contributed by atoms with van der Waals surface area (Å²) in [6, 6.07) is 12.5. The Hall–Kier alpha value is -3.02. The number of nitrogens with zero attached hydrogens (tertiary/aromatic N) is 3. The third-order valence-electron chi connectivity index (χ3n) is 3.42. The van der Waals surface area contributed by atoms with Crippen LogP contribution in [0.5, 0.6) is 0 Å². The van der Waals surface area contributed by atoms with Crippen molar-refractivity contribution in [2.45, 2.75) is 13.8 Å².